The summed E-state index contributed by atoms with van der Waals surface area (Å²) in [4.78, 5) is 21.7. The molecular formula is C19H20N6O. The lowest BCUT2D eigenvalue weighted by molar-refractivity contribution is 0.0952. The van der Waals surface area contributed by atoms with Gasteiger partial charge in [-0.2, -0.15) is 5.10 Å². The Hall–Kier alpha value is -2.96. The molecule has 1 fully saturated rings. The van der Waals surface area contributed by atoms with Gasteiger partial charge in [-0.1, -0.05) is 18.2 Å². The molecule has 0 spiro atoms. The van der Waals surface area contributed by atoms with Crippen LogP contribution in [0.2, 0.25) is 0 Å². The highest BCUT2D eigenvalue weighted by molar-refractivity contribution is 6.07. The maximum atomic E-state index is 12.7. The Kier molecular flexibility index (Phi) is 3.58. The standard InChI is InChI=1S/C19H20N6O/c26-19(23-12-5-6-12)15-9-17(24-16-4-2-1-3-14(15)16)22-13-7-8-18-20-11-21-25(18)10-13/h1-4,9,11-13H,5-8,10H2,(H,22,24)(H,23,26). The van der Waals surface area contributed by atoms with Gasteiger partial charge < -0.3 is 10.6 Å². The molecule has 7 nitrogen and oxygen atoms in total. The number of anilines is 1. The van der Waals surface area contributed by atoms with Gasteiger partial charge in [0.15, 0.2) is 0 Å². The molecule has 0 bridgehead atoms. The zero-order chi connectivity index (χ0) is 17.5. The number of hydrogen-bond donors (Lipinski definition) is 2. The maximum absolute atomic E-state index is 12.7. The number of amides is 1. The first-order valence-corrected chi connectivity index (χ1v) is 9.10. The monoisotopic (exact) mass is 348 g/mol. The van der Waals surface area contributed by atoms with Crippen LogP contribution in [0.25, 0.3) is 10.9 Å². The lowest BCUT2D eigenvalue weighted by Gasteiger charge is -2.24. The van der Waals surface area contributed by atoms with E-state index in [9.17, 15) is 4.79 Å². The van der Waals surface area contributed by atoms with Crippen LogP contribution in [0.1, 0.15) is 35.4 Å². The van der Waals surface area contributed by atoms with Crippen LogP contribution in [0, 0.1) is 0 Å². The maximum Gasteiger partial charge on any atom is 0.252 e. The van der Waals surface area contributed by atoms with Crippen molar-refractivity contribution >= 4 is 22.6 Å². The molecule has 0 radical (unpaired) electrons. The minimum Gasteiger partial charge on any atom is -0.365 e. The van der Waals surface area contributed by atoms with E-state index >= 15 is 0 Å². The normalized spacial score (nSPS) is 19.2. The van der Waals surface area contributed by atoms with E-state index in [-0.39, 0.29) is 11.9 Å². The summed E-state index contributed by atoms with van der Waals surface area (Å²) in [5.41, 5.74) is 1.51. The van der Waals surface area contributed by atoms with E-state index in [0.29, 0.717) is 11.6 Å². The number of rotatable bonds is 4. The minimum atomic E-state index is -0.0173. The van der Waals surface area contributed by atoms with Gasteiger partial charge in [-0.05, 0) is 31.4 Å². The zero-order valence-electron chi connectivity index (χ0n) is 14.4. The van der Waals surface area contributed by atoms with Crippen LogP contribution in [-0.4, -0.2) is 37.7 Å². The van der Waals surface area contributed by atoms with E-state index in [0.717, 1.165) is 54.8 Å². The fourth-order valence-electron chi connectivity index (χ4n) is 3.49. The summed E-state index contributed by atoms with van der Waals surface area (Å²) in [5, 5.41) is 11.7. The van der Waals surface area contributed by atoms with E-state index in [1.54, 1.807) is 6.33 Å². The van der Waals surface area contributed by atoms with E-state index in [2.05, 4.69) is 20.7 Å². The molecule has 0 saturated heterocycles. The molecule has 1 aliphatic heterocycles. The van der Waals surface area contributed by atoms with Gasteiger partial charge in [-0.3, -0.25) is 4.79 Å². The minimum absolute atomic E-state index is 0.0173. The fraction of sp³-hybridized carbons (Fsp3) is 0.368. The summed E-state index contributed by atoms with van der Waals surface area (Å²) in [6.45, 7) is 0.757. The van der Waals surface area contributed by atoms with Crippen molar-refractivity contribution in [3.8, 4) is 0 Å². The SMILES string of the molecule is O=C(NC1CC1)c1cc(NC2CCc3ncnn3C2)nc2ccccc12. The number of benzene rings is 1. The first kappa shape index (κ1) is 15.3. The van der Waals surface area contributed by atoms with Gasteiger partial charge in [0.1, 0.15) is 18.0 Å². The van der Waals surface area contributed by atoms with Crippen molar-refractivity contribution in [3.05, 3.63) is 48.0 Å². The number of aromatic nitrogens is 4. The summed E-state index contributed by atoms with van der Waals surface area (Å²) in [7, 11) is 0. The molecule has 1 unspecified atom stereocenters. The Balaban J connectivity index is 1.45. The lowest BCUT2D eigenvalue weighted by Crippen LogP contribution is -2.32. The Labute approximate surface area is 150 Å². The fourth-order valence-corrected chi connectivity index (χ4v) is 3.49. The molecule has 3 aromatic rings. The molecule has 132 valence electrons. The van der Waals surface area contributed by atoms with Crippen molar-refractivity contribution in [3.63, 3.8) is 0 Å². The smallest absolute Gasteiger partial charge is 0.252 e. The number of fused-ring (bicyclic) bond motifs is 2. The molecule has 5 rings (SSSR count). The molecule has 7 heteroatoms. The molecule has 2 aliphatic rings. The number of hydrogen-bond acceptors (Lipinski definition) is 5. The average molecular weight is 348 g/mol. The number of nitrogens with one attached hydrogen (secondary N) is 2. The van der Waals surface area contributed by atoms with E-state index in [1.165, 1.54) is 0 Å². The first-order chi connectivity index (χ1) is 12.8. The van der Waals surface area contributed by atoms with Crippen LogP contribution in [-0.2, 0) is 13.0 Å². The number of carbonyl (C=O) groups excluding carboxylic acids is 1. The van der Waals surface area contributed by atoms with Crippen LogP contribution in [0.4, 0.5) is 5.82 Å². The molecule has 2 aromatic heterocycles. The molecule has 1 atom stereocenters. The third-order valence-corrected chi connectivity index (χ3v) is 5.03. The van der Waals surface area contributed by atoms with Gasteiger partial charge in [-0.15, -0.1) is 0 Å². The second kappa shape index (κ2) is 6.09. The lowest BCUT2D eigenvalue weighted by atomic mass is 10.1. The van der Waals surface area contributed by atoms with Crippen molar-refractivity contribution in [1.82, 2.24) is 25.1 Å². The molecular weight excluding hydrogens is 328 g/mol. The molecule has 1 aliphatic carbocycles. The van der Waals surface area contributed by atoms with E-state index < -0.39 is 0 Å². The predicted molar refractivity (Wildman–Crippen MR) is 98.0 cm³/mol. The predicted octanol–water partition coefficient (Wildman–Crippen LogP) is 2.15. The Morgan fingerprint density at radius 3 is 2.92 bits per heavy atom. The summed E-state index contributed by atoms with van der Waals surface area (Å²) in [5.74, 6) is 1.74. The van der Waals surface area contributed by atoms with Crippen molar-refractivity contribution in [2.75, 3.05) is 5.32 Å². The van der Waals surface area contributed by atoms with Gasteiger partial charge in [0, 0.05) is 23.9 Å². The van der Waals surface area contributed by atoms with E-state index in [4.69, 9.17) is 4.98 Å². The number of para-hydroxylation sites is 1. The van der Waals surface area contributed by atoms with Crippen molar-refractivity contribution < 1.29 is 4.79 Å². The van der Waals surface area contributed by atoms with Gasteiger partial charge >= 0.3 is 0 Å². The van der Waals surface area contributed by atoms with Gasteiger partial charge in [0.2, 0.25) is 0 Å². The Bertz CT molecular complexity index is 977. The molecule has 3 heterocycles. The number of carbonyl (C=O) groups is 1. The van der Waals surface area contributed by atoms with Crippen LogP contribution < -0.4 is 10.6 Å². The van der Waals surface area contributed by atoms with Crippen molar-refractivity contribution in [2.45, 2.75) is 44.3 Å². The number of nitrogens with zero attached hydrogens (tertiary/aromatic N) is 4. The van der Waals surface area contributed by atoms with Crippen LogP contribution >= 0.6 is 0 Å². The van der Waals surface area contributed by atoms with Crippen molar-refractivity contribution in [2.24, 2.45) is 0 Å². The highest BCUT2D eigenvalue weighted by atomic mass is 16.1. The van der Waals surface area contributed by atoms with Crippen LogP contribution in [0.15, 0.2) is 36.7 Å². The topological polar surface area (TPSA) is 84.7 Å². The zero-order valence-corrected chi connectivity index (χ0v) is 14.4. The summed E-state index contributed by atoms with van der Waals surface area (Å²) in [6, 6.07) is 10.2. The largest absolute Gasteiger partial charge is 0.365 e. The summed E-state index contributed by atoms with van der Waals surface area (Å²) < 4.78 is 1.93. The molecule has 1 aromatic carbocycles. The quantitative estimate of drug-likeness (QED) is 0.755. The average Bonchev–Trinajstić information content (AvgIpc) is 3.34. The van der Waals surface area contributed by atoms with Crippen LogP contribution in [0.5, 0.6) is 0 Å². The summed E-state index contributed by atoms with van der Waals surface area (Å²) in [6.07, 6.45) is 5.60. The van der Waals surface area contributed by atoms with Crippen molar-refractivity contribution in [1.29, 1.82) is 0 Å². The van der Waals surface area contributed by atoms with Gasteiger partial charge in [0.25, 0.3) is 5.91 Å². The van der Waals surface area contributed by atoms with E-state index in [1.807, 2.05) is 35.0 Å². The first-order valence-electron chi connectivity index (χ1n) is 9.10. The van der Waals surface area contributed by atoms with Gasteiger partial charge in [-0.25, -0.2) is 14.6 Å². The molecule has 2 N–H and O–H groups in total. The van der Waals surface area contributed by atoms with Gasteiger partial charge in [0.05, 0.1) is 17.6 Å². The number of aryl methyl sites for hydroxylation is 1. The highest BCUT2D eigenvalue weighted by Gasteiger charge is 2.25. The third kappa shape index (κ3) is 2.89. The molecule has 1 saturated carbocycles. The summed E-state index contributed by atoms with van der Waals surface area (Å²) >= 11 is 0. The second-order valence-corrected chi connectivity index (χ2v) is 7.06. The Morgan fingerprint density at radius 2 is 2.04 bits per heavy atom. The molecule has 26 heavy (non-hydrogen) atoms. The molecule has 1 amide bonds. The Morgan fingerprint density at radius 1 is 1.15 bits per heavy atom. The second-order valence-electron chi connectivity index (χ2n) is 7.06. The highest BCUT2D eigenvalue weighted by Crippen LogP contribution is 2.25. The number of pyridine rings is 1. The third-order valence-electron chi connectivity index (χ3n) is 5.03. The van der Waals surface area contributed by atoms with Crippen LogP contribution in [0.3, 0.4) is 0 Å².